The molecule has 7 nitrogen and oxygen atoms in total. The molecular formula is C24H25ClN4O3S. The van der Waals surface area contributed by atoms with Crippen molar-refractivity contribution in [2.75, 3.05) is 16.2 Å². The predicted octanol–water partition coefficient (Wildman–Crippen LogP) is 5.14. The molecule has 0 aliphatic heterocycles. The number of hydrogen-bond donors (Lipinski definition) is 1. The van der Waals surface area contributed by atoms with E-state index in [1.165, 1.54) is 28.6 Å². The molecule has 0 saturated heterocycles. The lowest BCUT2D eigenvalue weighted by Gasteiger charge is -2.23. The summed E-state index contributed by atoms with van der Waals surface area (Å²) in [6.45, 7) is 5.82. The number of sulfonamides is 1. The van der Waals surface area contributed by atoms with E-state index in [1.54, 1.807) is 41.2 Å². The second-order valence-electron chi connectivity index (χ2n) is 8.00. The van der Waals surface area contributed by atoms with Crippen molar-refractivity contribution in [1.82, 2.24) is 9.78 Å². The Kier molecular flexibility index (Phi) is 6.58. The van der Waals surface area contributed by atoms with Crippen molar-refractivity contribution in [3.05, 3.63) is 84.0 Å². The summed E-state index contributed by atoms with van der Waals surface area (Å²) in [7, 11) is -3.97. The minimum Gasteiger partial charge on any atom is -0.307 e. The highest BCUT2D eigenvalue weighted by Gasteiger charge is 2.31. The smallest absolute Gasteiger partial charge is 0.264 e. The predicted molar refractivity (Wildman–Crippen MR) is 130 cm³/mol. The number of hydrogen-bond acceptors (Lipinski definition) is 4. The van der Waals surface area contributed by atoms with Gasteiger partial charge in [-0.3, -0.25) is 9.10 Å². The third-order valence-electron chi connectivity index (χ3n) is 5.71. The van der Waals surface area contributed by atoms with Gasteiger partial charge in [-0.25, -0.2) is 13.1 Å². The monoisotopic (exact) mass is 484 g/mol. The quantitative estimate of drug-likeness (QED) is 0.426. The molecule has 2 aromatic carbocycles. The molecular weight excluding hydrogens is 460 g/mol. The fourth-order valence-corrected chi connectivity index (χ4v) is 5.39. The molecule has 172 valence electrons. The van der Waals surface area contributed by atoms with Crippen LogP contribution in [0.3, 0.4) is 0 Å². The Bertz CT molecular complexity index is 1270. The van der Waals surface area contributed by atoms with Crippen LogP contribution in [-0.2, 0) is 10.0 Å². The van der Waals surface area contributed by atoms with Crippen LogP contribution in [0.1, 0.15) is 36.2 Å². The molecule has 1 saturated carbocycles. The van der Waals surface area contributed by atoms with Crippen LogP contribution in [0.15, 0.2) is 78.3 Å². The zero-order valence-electron chi connectivity index (χ0n) is 18.2. The molecule has 33 heavy (non-hydrogen) atoms. The Labute approximate surface area is 198 Å². The Morgan fingerprint density at radius 2 is 2.00 bits per heavy atom. The molecule has 0 radical (unpaired) electrons. The van der Waals surface area contributed by atoms with Crippen molar-refractivity contribution in [2.24, 2.45) is 5.92 Å². The number of rotatable bonds is 9. The maximum Gasteiger partial charge on any atom is 0.264 e. The molecule has 1 aromatic heterocycles. The van der Waals surface area contributed by atoms with Gasteiger partial charge in [-0.1, -0.05) is 35.9 Å². The first-order valence-electron chi connectivity index (χ1n) is 10.7. The van der Waals surface area contributed by atoms with E-state index in [0.717, 1.165) is 12.8 Å². The molecule has 4 rings (SSSR count). The average molecular weight is 485 g/mol. The van der Waals surface area contributed by atoms with E-state index < -0.39 is 15.9 Å². The van der Waals surface area contributed by atoms with Gasteiger partial charge in [0.15, 0.2) is 0 Å². The zero-order chi connectivity index (χ0) is 23.6. The number of aromatic nitrogens is 2. The minimum atomic E-state index is -3.97. The lowest BCUT2D eigenvalue weighted by Crippen LogP contribution is -2.31. The molecule has 1 amide bonds. The van der Waals surface area contributed by atoms with Gasteiger partial charge >= 0.3 is 0 Å². The summed E-state index contributed by atoms with van der Waals surface area (Å²) in [5.41, 5.74) is 0.562. The fourth-order valence-electron chi connectivity index (χ4n) is 3.72. The van der Waals surface area contributed by atoms with Gasteiger partial charge in [0.25, 0.3) is 15.9 Å². The van der Waals surface area contributed by atoms with Gasteiger partial charge < -0.3 is 5.32 Å². The van der Waals surface area contributed by atoms with Crippen molar-refractivity contribution in [1.29, 1.82) is 0 Å². The zero-order valence-corrected chi connectivity index (χ0v) is 19.8. The maximum absolute atomic E-state index is 13.4. The van der Waals surface area contributed by atoms with Crippen molar-refractivity contribution in [3.8, 4) is 0 Å². The van der Waals surface area contributed by atoms with E-state index in [4.69, 9.17) is 11.6 Å². The minimum absolute atomic E-state index is 0.0393. The summed E-state index contributed by atoms with van der Waals surface area (Å²) in [4.78, 5) is 13.0. The van der Waals surface area contributed by atoms with Gasteiger partial charge in [0, 0.05) is 6.07 Å². The third-order valence-corrected chi connectivity index (χ3v) is 7.83. The SMILES string of the molecule is C=CCN(c1ccccc1)S(=O)(=O)c1ccc(Cl)c(C(=O)Nc2ccnn2C(C)C2CC2)c1. The molecule has 3 aromatic rings. The van der Waals surface area contributed by atoms with Gasteiger partial charge in [0.2, 0.25) is 0 Å². The number of halogens is 1. The molecule has 1 fully saturated rings. The first-order chi connectivity index (χ1) is 15.8. The molecule has 0 spiro atoms. The Morgan fingerprint density at radius 1 is 1.27 bits per heavy atom. The largest absolute Gasteiger partial charge is 0.307 e. The average Bonchev–Trinajstić information content (AvgIpc) is 3.56. The van der Waals surface area contributed by atoms with Crippen LogP contribution in [-0.4, -0.2) is 30.7 Å². The van der Waals surface area contributed by atoms with E-state index >= 15 is 0 Å². The summed E-state index contributed by atoms with van der Waals surface area (Å²) in [5, 5.41) is 7.32. The topological polar surface area (TPSA) is 84.3 Å². The van der Waals surface area contributed by atoms with Crippen LogP contribution in [0.25, 0.3) is 0 Å². The number of para-hydroxylation sites is 1. The highest BCUT2D eigenvalue weighted by molar-refractivity contribution is 7.92. The number of anilines is 2. The number of carbonyl (C=O) groups is 1. The second-order valence-corrected chi connectivity index (χ2v) is 10.3. The maximum atomic E-state index is 13.4. The summed E-state index contributed by atoms with van der Waals surface area (Å²) in [6, 6.07) is 14.7. The molecule has 0 bridgehead atoms. The molecule has 1 atom stereocenters. The van der Waals surface area contributed by atoms with E-state index in [0.29, 0.717) is 17.4 Å². The van der Waals surface area contributed by atoms with Crippen LogP contribution < -0.4 is 9.62 Å². The summed E-state index contributed by atoms with van der Waals surface area (Å²) in [5.74, 6) is 0.588. The first-order valence-corrected chi connectivity index (χ1v) is 12.5. The second kappa shape index (κ2) is 9.41. The molecule has 1 unspecified atom stereocenters. The molecule has 1 aliphatic rings. The lowest BCUT2D eigenvalue weighted by molar-refractivity contribution is 0.102. The van der Waals surface area contributed by atoms with Crippen LogP contribution >= 0.6 is 11.6 Å². The molecule has 1 aliphatic carbocycles. The van der Waals surface area contributed by atoms with Gasteiger partial charge in [0.1, 0.15) is 5.82 Å². The molecule has 1 heterocycles. The van der Waals surface area contributed by atoms with Crippen molar-refractivity contribution >= 4 is 39.0 Å². The Hall–Kier alpha value is -3.10. The van der Waals surface area contributed by atoms with Gasteiger partial charge in [0.05, 0.1) is 40.0 Å². The van der Waals surface area contributed by atoms with E-state index in [-0.39, 0.29) is 28.1 Å². The number of nitrogens with zero attached hydrogens (tertiary/aromatic N) is 3. The summed E-state index contributed by atoms with van der Waals surface area (Å²) in [6.07, 6.45) is 5.42. The van der Waals surface area contributed by atoms with Gasteiger partial charge in [-0.15, -0.1) is 6.58 Å². The Morgan fingerprint density at radius 3 is 2.67 bits per heavy atom. The number of nitrogens with one attached hydrogen (secondary N) is 1. The van der Waals surface area contributed by atoms with Crippen molar-refractivity contribution in [3.63, 3.8) is 0 Å². The van der Waals surface area contributed by atoms with E-state index in [2.05, 4.69) is 23.9 Å². The van der Waals surface area contributed by atoms with Crippen LogP contribution in [0.5, 0.6) is 0 Å². The van der Waals surface area contributed by atoms with Gasteiger partial charge in [-0.2, -0.15) is 5.10 Å². The number of amides is 1. The molecule has 1 N–H and O–H groups in total. The van der Waals surface area contributed by atoms with E-state index in [9.17, 15) is 13.2 Å². The first kappa shape index (κ1) is 23.1. The summed E-state index contributed by atoms with van der Waals surface area (Å²) >= 11 is 6.29. The van der Waals surface area contributed by atoms with Crippen LogP contribution in [0.2, 0.25) is 5.02 Å². The number of benzene rings is 2. The van der Waals surface area contributed by atoms with Crippen LogP contribution in [0, 0.1) is 5.92 Å². The lowest BCUT2D eigenvalue weighted by atomic mass is 10.2. The van der Waals surface area contributed by atoms with Crippen molar-refractivity contribution in [2.45, 2.75) is 30.7 Å². The normalized spacial score (nSPS) is 14.5. The highest BCUT2D eigenvalue weighted by atomic mass is 35.5. The highest BCUT2D eigenvalue weighted by Crippen LogP contribution is 2.40. The fraction of sp³-hybridized carbons (Fsp3) is 0.250. The molecule has 9 heteroatoms. The van der Waals surface area contributed by atoms with Crippen molar-refractivity contribution < 1.29 is 13.2 Å². The Balaban J connectivity index is 1.64. The van der Waals surface area contributed by atoms with Crippen LogP contribution in [0.4, 0.5) is 11.5 Å². The summed E-state index contributed by atoms with van der Waals surface area (Å²) < 4.78 is 29.9. The van der Waals surface area contributed by atoms with Gasteiger partial charge in [-0.05, 0) is 56.0 Å². The third kappa shape index (κ3) is 4.82. The standard InChI is InChI=1S/C24H25ClN4O3S/c1-3-15-28(19-7-5-4-6-8-19)33(31,32)20-11-12-22(25)21(16-20)24(30)27-23-13-14-26-29(23)17(2)18-9-10-18/h3-8,11-14,16-18H,1,9-10,15H2,2H3,(H,27,30). The van der Waals surface area contributed by atoms with E-state index in [1.807, 2.05) is 6.07 Å². The number of carbonyl (C=O) groups excluding carboxylic acids is 1.